The fourth-order valence-corrected chi connectivity index (χ4v) is 3.70. The molecule has 0 saturated carbocycles. The number of hydrogen-bond donors (Lipinski definition) is 0. The third-order valence-electron chi connectivity index (χ3n) is 5.34. The molecule has 0 aliphatic carbocycles. The third-order valence-corrected chi connectivity index (χ3v) is 5.34. The zero-order valence-electron chi connectivity index (χ0n) is 19.2. The Labute approximate surface area is 195 Å². The molecule has 0 aliphatic heterocycles. The minimum atomic E-state index is -0.515. The van der Waals surface area contributed by atoms with Crippen molar-refractivity contribution in [3.8, 4) is 6.07 Å². The molecule has 1 amide bonds. The SMILES string of the molecule is Cc1cccn2c(=O)c3cc(C#N)c(=NC(=O)c4ccncc4)n(CCCOC(C)C)c3nc12. The third kappa shape index (κ3) is 4.49. The highest BCUT2D eigenvalue weighted by Gasteiger charge is 2.16. The number of aromatic nitrogens is 4. The summed E-state index contributed by atoms with van der Waals surface area (Å²) in [5.74, 6) is -0.515. The van der Waals surface area contributed by atoms with Gasteiger partial charge in [-0.2, -0.15) is 10.3 Å². The Bertz CT molecular complexity index is 1550. The van der Waals surface area contributed by atoms with E-state index in [4.69, 9.17) is 9.72 Å². The number of hydrogen-bond acceptors (Lipinski definition) is 6. The van der Waals surface area contributed by atoms with Crippen LogP contribution < -0.4 is 11.0 Å². The first-order valence-corrected chi connectivity index (χ1v) is 11.0. The molecule has 4 rings (SSSR count). The maximum atomic E-state index is 13.3. The van der Waals surface area contributed by atoms with Crippen LogP contribution in [0.3, 0.4) is 0 Å². The summed E-state index contributed by atoms with van der Waals surface area (Å²) in [4.78, 5) is 39.2. The molecule has 9 nitrogen and oxygen atoms in total. The Morgan fingerprint density at radius 1 is 1.24 bits per heavy atom. The Morgan fingerprint density at radius 3 is 2.71 bits per heavy atom. The molecule has 172 valence electrons. The molecule has 0 atom stereocenters. The van der Waals surface area contributed by atoms with E-state index in [1.54, 1.807) is 29.0 Å². The fourth-order valence-electron chi connectivity index (χ4n) is 3.70. The summed E-state index contributed by atoms with van der Waals surface area (Å²) in [6.45, 7) is 6.59. The van der Waals surface area contributed by atoms with E-state index in [-0.39, 0.29) is 28.1 Å². The highest BCUT2D eigenvalue weighted by Crippen LogP contribution is 2.13. The summed E-state index contributed by atoms with van der Waals surface area (Å²) in [6, 6.07) is 10.3. The van der Waals surface area contributed by atoms with E-state index in [2.05, 4.69) is 16.0 Å². The Kier molecular flexibility index (Phi) is 6.61. The first-order valence-electron chi connectivity index (χ1n) is 11.0. The maximum absolute atomic E-state index is 13.3. The smallest absolute Gasteiger partial charge is 0.279 e. The van der Waals surface area contributed by atoms with Crippen molar-refractivity contribution in [1.29, 1.82) is 5.26 Å². The highest BCUT2D eigenvalue weighted by molar-refractivity contribution is 5.94. The molecule has 4 aromatic rings. The minimum Gasteiger partial charge on any atom is -0.379 e. The number of rotatable bonds is 6. The molecule has 4 heterocycles. The minimum absolute atomic E-state index is 0.0685. The van der Waals surface area contributed by atoms with Crippen molar-refractivity contribution in [2.45, 2.75) is 39.8 Å². The number of aryl methyl sites for hydroxylation is 2. The number of fused-ring (bicyclic) bond motifs is 2. The lowest BCUT2D eigenvalue weighted by Crippen LogP contribution is -2.30. The van der Waals surface area contributed by atoms with E-state index >= 15 is 0 Å². The summed E-state index contributed by atoms with van der Waals surface area (Å²) in [5, 5.41) is 10.2. The summed E-state index contributed by atoms with van der Waals surface area (Å²) in [5.41, 5.74) is 2.02. The molecule has 0 unspecified atom stereocenters. The van der Waals surface area contributed by atoms with Crippen molar-refractivity contribution in [2.75, 3.05) is 6.61 Å². The van der Waals surface area contributed by atoms with E-state index in [0.29, 0.717) is 36.4 Å². The predicted octanol–water partition coefficient (Wildman–Crippen LogP) is 2.78. The van der Waals surface area contributed by atoms with Gasteiger partial charge in [-0.15, -0.1) is 0 Å². The van der Waals surface area contributed by atoms with Crippen molar-refractivity contribution in [1.82, 2.24) is 18.9 Å². The van der Waals surface area contributed by atoms with Crippen LogP contribution >= 0.6 is 0 Å². The van der Waals surface area contributed by atoms with Gasteiger partial charge >= 0.3 is 0 Å². The van der Waals surface area contributed by atoms with Gasteiger partial charge < -0.3 is 9.30 Å². The topological polar surface area (TPSA) is 115 Å². The molecule has 0 bridgehead atoms. The molecule has 9 heteroatoms. The first kappa shape index (κ1) is 23.0. The molecule has 0 aliphatic rings. The largest absolute Gasteiger partial charge is 0.379 e. The molecular formula is C25H24N6O3. The zero-order chi connectivity index (χ0) is 24.2. The van der Waals surface area contributed by atoms with Gasteiger partial charge in [0.2, 0.25) is 0 Å². The van der Waals surface area contributed by atoms with Crippen LogP contribution in [0.5, 0.6) is 0 Å². The molecule has 0 fully saturated rings. The molecule has 0 aromatic carbocycles. The Balaban J connectivity index is 2.01. The van der Waals surface area contributed by atoms with E-state index in [1.807, 2.05) is 26.8 Å². The molecule has 4 aromatic heterocycles. The van der Waals surface area contributed by atoms with E-state index in [9.17, 15) is 14.9 Å². The highest BCUT2D eigenvalue weighted by atomic mass is 16.5. The van der Waals surface area contributed by atoms with Crippen molar-refractivity contribution in [3.05, 3.63) is 81.5 Å². The van der Waals surface area contributed by atoms with Crippen LogP contribution in [-0.2, 0) is 11.3 Å². The predicted molar refractivity (Wildman–Crippen MR) is 126 cm³/mol. The van der Waals surface area contributed by atoms with Gasteiger partial charge in [0.05, 0.1) is 17.1 Å². The van der Waals surface area contributed by atoms with Gasteiger partial charge in [-0.05, 0) is 57.0 Å². The van der Waals surface area contributed by atoms with Crippen molar-refractivity contribution >= 4 is 22.6 Å². The second-order valence-corrected chi connectivity index (χ2v) is 8.11. The molecule has 34 heavy (non-hydrogen) atoms. The lowest BCUT2D eigenvalue weighted by Gasteiger charge is -2.15. The monoisotopic (exact) mass is 456 g/mol. The number of pyridine rings is 3. The van der Waals surface area contributed by atoms with Gasteiger partial charge in [-0.3, -0.25) is 19.0 Å². The van der Waals surface area contributed by atoms with Crippen LogP contribution in [0.25, 0.3) is 16.7 Å². The van der Waals surface area contributed by atoms with Crippen LogP contribution in [0.15, 0.2) is 58.7 Å². The van der Waals surface area contributed by atoms with Gasteiger partial charge in [0.25, 0.3) is 11.5 Å². The molecule has 0 N–H and O–H groups in total. The number of nitrogens with zero attached hydrogens (tertiary/aromatic N) is 6. The zero-order valence-corrected chi connectivity index (χ0v) is 19.2. The number of nitriles is 1. The second-order valence-electron chi connectivity index (χ2n) is 8.11. The van der Waals surface area contributed by atoms with Gasteiger partial charge in [-0.1, -0.05) is 6.07 Å². The normalized spacial score (nSPS) is 11.9. The summed E-state index contributed by atoms with van der Waals surface area (Å²) < 4.78 is 8.80. The van der Waals surface area contributed by atoms with E-state index in [0.717, 1.165) is 5.56 Å². The van der Waals surface area contributed by atoms with Crippen molar-refractivity contribution < 1.29 is 9.53 Å². The summed E-state index contributed by atoms with van der Waals surface area (Å²) in [7, 11) is 0. The van der Waals surface area contributed by atoms with Crippen LogP contribution in [0.2, 0.25) is 0 Å². The standard InChI is InChI=1S/C25H24N6O3/c1-16(2)34-13-5-12-30-22(29-24(32)18-7-9-27-10-8-18)19(15-26)14-20-23(30)28-21-17(3)6-4-11-31(21)25(20)33/h4,6-11,14,16H,5,12-13H2,1-3H3. The van der Waals surface area contributed by atoms with Gasteiger partial charge in [0.1, 0.15) is 17.4 Å². The van der Waals surface area contributed by atoms with E-state index < -0.39 is 5.91 Å². The molecule has 0 radical (unpaired) electrons. The van der Waals surface area contributed by atoms with Gasteiger partial charge in [-0.25, -0.2) is 4.98 Å². The Morgan fingerprint density at radius 2 is 2.00 bits per heavy atom. The van der Waals surface area contributed by atoms with Crippen LogP contribution in [0, 0.1) is 18.3 Å². The molecular weight excluding hydrogens is 432 g/mol. The number of carbonyl (C=O) groups is 1. The average molecular weight is 457 g/mol. The van der Waals surface area contributed by atoms with Crippen LogP contribution in [0.4, 0.5) is 0 Å². The number of amides is 1. The molecule has 0 saturated heterocycles. The average Bonchev–Trinajstić information content (AvgIpc) is 2.83. The van der Waals surface area contributed by atoms with Crippen LogP contribution in [0.1, 0.15) is 41.8 Å². The van der Waals surface area contributed by atoms with Gasteiger partial charge in [0, 0.05) is 37.3 Å². The summed E-state index contributed by atoms with van der Waals surface area (Å²) in [6.07, 6.45) is 5.30. The quantitative estimate of drug-likeness (QED) is 0.326. The number of ether oxygens (including phenoxy) is 1. The fraction of sp³-hybridized carbons (Fsp3) is 0.280. The second kappa shape index (κ2) is 9.77. The van der Waals surface area contributed by atoms with E-state index in [1.165, 1.54) is 22.9 Å². The summed E-state index contributed by atoms with van der Waals surface area (Å²) >= 11 is 0. The van der Waals surface area contributed by atoms with Crippen molar-refractivity contribution in [3.63, 3.8) is 0 Å². The lowest BCUT2D eigenvalue weighted by atomic mass is 10.2. The van der Waals surface area contributed by atoms with Gasteiger partial charge in [0.15, 0.2) is 5.49 Å². The number of carbonyl (C=O) groups excluding carboxylic acids is 1. The maximum Gasteiger partial charge on any atom is 0.279 e. The first-order chi connectivity index (χ1) is 16.4. The van der Waals surface area contributed by atoms with Crippen LogP contribution in [-0.4, -0.2) is 37.6 Å². The molecule has 0 spiro atoms. The lowest BCUT2D eigenvalue weighted by molar-refractivity contribution is 0.0748. The Hall–Kier alpha value is -4.16. The van der Waals surface area contributed by atoms with Crippen molar-refractivity contribution in [2.24, 2.45) is 4.99 Å².